The van der Waals surface area contributed by atoms with Crippen molar-refractivity contribution in [2.75, 3.05) is 13.2 Å². The van der Waals surface area contributed by atoms with E-state index < -0.39 is 30.6 Å². The molecule has 3 aromatic carbocycles. The maximum Gasteiger partial charge on any atom is 0.323 e. The van der Waals surface area contributed by atoms with Crippen LogP contribution in [-0.4, -0.2) is 57.5 Å². The van der Waals surface area contributed by atoms with Crippen molar-refractivity contribution in [3.63, 3.8) is 0 Å². The number of carbonyl (C=O) groups excluding carboxylic acids is 2. The molecule has 2 atom stereocenters. The summed E-state index contributed by atoms with van der Waals surface area (Å²) in [5.41, 5.74) is 2.99. The molecule has 2 heterocycles. The van der Waals surface area contributed by atoms with E-state index in [1.807, 2.05) is 68.4 Å². The summed E-state index contributed by atoms with van der Waals surface area (Å²) in [6.45, 7) is 3.49. The lowest BCUT2D eigenvalue weighted by Crippen LogP contribution is -2.55. The summed E-state index contributed by atoms with van der Waals surface area (Å²) < 4.78 is 11.9. The molecule has 2 aliphatic rings. The summed E-state index contributed by atoms with van der Waals surface area (Å²) in [6, 6.07) is 21.3. The van der Waals surface area contributed by atoms with Crippen LogP contribution in [0.2, 0.25) is 5.02 Å². The third kappa shape index (κ3) is 6.13. The van der Waals surface area contributed by atoms with E-state index in [2.05, 4.69) is 0 Å². The van der Waals surface area contributed by atoms with Gasteiger partial charge in [0.05, 0.1) is 6.04 Å². The predicted octanol–water partition coefficient (Wildman–Crippen LogP) is 4.64. The maximum absolute atomic E-state index is 14.1. The Morgan fingerprint density at radius 1 is 1.05 bits per heavy atom. The second-order valence-electron chi connectivity index (χ2n) is 10.8. The third-order valence-electron chi connectivity index (χ3n) is 7.09. The highest BCUT2D eigenvalue weighted by atomic mass is 35.5. The van der Waals surface area contributed by atoms with Gasteiger partial charge in [0, 0.05) is 24.5 Å². The fourth-order valence-corrected chi connectivity index (χ4v) is 5.63. The Morgan fingerprint density at radius 2 is 1.82 bits per heavy atom. The van der Waals surface area contributed by atoms with Crippen LogP contribution in [0.4, 0.5) is 0 Å². The summed E-state index contributed by atoms with van der Waals surface area (Å²) in [4.78, 5) is 42.0. The Labute approximate surface area is 238 Å². The third-order valence-corrected chi connectivity index (χ3v) is 7.33. The quantitative estimate of drug-likeness (QED) is 0.430. The zero-order valence-corrected chi connectivity index (χ0v) is 23.1. The smallest absolute Gasteiger partial charge is 0.323 e. The van der Waals surface area contributed by atoms with Gasteiger partial charge in [0.15, 0.2) is 6.10 Å². The second kappa shape index (κ2) is 11.3. The van der Waals surface area contributed by atoms with Crippen LogP contribution in [-0.2, 0) is 38.6 Å². The van der Waals surface area contributed by atoms with Gasteiger partial charge < -0.3 is 24.4 Å². The minimum Gasteiger partial charge on any atom is -0.487 e. The highest BCUT2D eigenvalue weighted by Gasteiger charge is 2.43. The summed E-state index contributed by atoms with van der Waals surface area (Å²) in [7, 11) is 0. The van der Waals surface area contributed by atoms with Crippen LogP contribution < -0.4 is 4.74 Å². The molecule has 0 unspecified atom stereocenters. The molecule has 1 saturated heterocycles. The molecule has 9 heteroatoms. The van der Waals surface area contributed by atoms with Crippen LogP contribution in [0.25, 0.3) is 0 Å². The van der Waals surface area contributed by atoms with Gasteiger partial charge in [-0.2, -0.15) is 0 Å². The number of aliphatic carboxylic acids is 1. The van der Waals surface area contributed by atoms with Crippen molar-refractivity contribution >= 4 is 29.4 Å². The topological polar surface area (TPSA) is 96.4 Å². The van der Waals surface area contributed by atoms with Crippen molar-refractivity contribution in [1.82, 2.24) is 9.80 Å². The molecular formula is C31H31ClN2O6. The number of fused-ring (bicyclic) bond motifs is 1. The molecule has 0 aliphatic carbocycles. The number of carboxylic acid groups (broad SMARTS) is 1. The average molecular weight is 563 g/mol. The SMILES string of the molecule is CC1(C)Cc2cc(CN(CC(=O)O)C(=O)[C@@H]3OCC(=O)N(Cc4cccc(Cl)c4)[C@@H]3c3ccccc3)ccc2O1. The van der Waals surface area contributed by atoms with E-state index in [9.17, 15) is 19.5 Å². The van der Waals surface area contributed by atoms with Crippen LogP contribution in [0.5, 0.6) is 5.75 Å². The Kier molecular flexibility index (Phi) is 7.83. The van der Waals surface area contributed by atoms with Gasteiger partial charge in [-0.05, 0) is 54.3 Å². The van der Waals surface area contributed by atoms with Crippen molar-refractivity contribution in [3.8, 4) is 5.75 Å². The zero-order chi connectivity index (χ0) is 28.4. The maximum atomic E-state index is 14.1. The number of hydrogen-bond acceptors (Lipinski definition) is 5. The van der Waals surface area contributed by atoms with Gasteiger partial charge >= 0.3 is 5.97 Å². The minimum absolute atomic E-state index is 0.0719. The lowest BCUT2D eigenvalue weighted by molar-refractivity contribution is -0.172. The van der Waals surface area contributed by atoms with Crippen LogP contribution >= 0.6 is 11.6 Å². The Hall–Kier alpha value is -3.88. The normalized spacial score (nSPS) is 19.6. The van der Waals surface area contributed by atoms with Crippen LogP contribution in [0.1, 0.15) is 42.1 Å². The summed E-state index contributed by atoms with van der Waals surface area (Å²) in [6.07, 6.45) is -0.388. The summed E-state index contributed by atoms with van der Waals surface area (Å²) in [5.74, 6) is -1.13. The number of nitrogens with zero attached hydrogens (tertiary/aromatic N) is 2. The molecule has 2 aliphatic heterocycles. The molecule has 2 amide bonds. The number of carbonyl (C=O) groups is 3. The van der Waals surface area contributed by atoms with Gasteiger partial charge in [0.1, 0.15) is 24.5 Å². The first kappa shape index (κ1) is 27.7. The molecule has 208 valence electrons. The fraction of sp³-hybridized carbons (Fsp3) is 0.323. The predicted molar refractivity (Wildman–Crippen MR) is 149 cm³/mol. The largest absolute Gasteiger partial charge is 0.487 e. The monoisotopic (exact) mass is 562 g/mol. The highest BCUT2D eigenvalue weighted by molar-refractivity contribution is 6.30. The van der Waals surface area contributed by atoms with Crippen molar-refractivity contribution in [2.45, 2.75) is 51.1 Å². The number of carboxylic acids is 1. The first-order chi connectivity index (χ1) is 19.1. The van der Waals surface area contributed by atoms with Crippen LogP contribution in [0.15, 0.2) is 72.8 Å². The van der Waals surface area contributed by atoms with Gasteiger partial charge in [0.25, 0.3) is 5.91 Å². The number of halogens is 1. The lowest BCUT2D eigenvalue weighted by Gasteiger charge is -2.42. The van der Waals surface area contributed by atoms with Crippen molar-refractivity contribution in [1.29, 1.82) is 0 Å². The molecule has 1 fully saturated rings. The van der Waals surface area contributed by atoms with E-state index in [-0.39, 0.29) is 31.2 Å². The van der Waals surface area contributed by atoms with E-state index in [4.69, 9.17) is 21.1 Å². The molecule has 0 spiro atoms. The van der Waals surface area contributed by atoms with E-state index in [0.717, 1.165) is 22.4 Å². The van der Waals surface area contributed by atoms with Crippen molar-refractivity contribution in [2.24, 2.45) is 0 Å². The number of rotatable bonds is 8. The van der Waals surface area contributed by atoms with E-state index in [0.29, 0.717) is 17.0 Å². The van der Waals surface area contributed by atoms with Crippen molar-refractivity contribution < 1.29 is 29.0 Å². The second-order valence-corrected chi connectivity index (χ2v) is 11.2. The molecule has 8 nitrogen and oxygen atoms in total. The lowest BCUT2D eigenvalue weighted by atomic mass is 9.95. The van der Waals surface area contributed by atoms with Gasteiger partial charge in [-0.3, -0.25) is 14.4 Å². The number of amides is 2. The van der Waals surface area contributed by atoms with Crippen LogP contribution in [0, 0.1) is 0 Å². The molecule has 0 radical (unpaired) electrons. The molecule has 40 heavy (non-hydrogen) atoms. The van der Waals surface area contributed by atoms with Gasteiger partial charge in [-0.25, -0.2) is 0 Å². The number of hydrogen-bond donors (Lipinski definition) is 1. The summed E-state index contributed by atoms with van der Waals surface area (Å²) >= 11 is 6.20. The first-order valence-corrected chi connectivity index (χ1v) is 13.5. The Balaban J connectivity index is 1.46. The molecule has 5 rings (SSSR count). The molecule has 3 aromatic rings. The molecular weight excluding hydrogens is 532 g/mol. The average Bonchev–Trinajstić information content (AvgIpc) is 3.22. The van der Waals surface area contributed by atoms with E-state index >= 15 is 0 Å². The first-order valence-electron chi connectivity index (χ1n) is 13.1. The van der Waals surface area contributed by atoms with Crippen LogP contribution in [0.3, 0.4) is 0 Å². The standard InChI is InChI=1S/C31H31ClN2O6/c1-31(2)15-23-13-21(11-12-25(23)40-31)16-33(18-27(36)37)30(38)29-28(22-8-4-3-5-9-22)34(26(35)19-39-29)17-20-7-6-10-24(32)14-20/h3-14,28-29H,15-19H2,1-2H3,(H,36,37)/t28-,29-/m1/s1. The Bertz CT molecular complexity index is 1430. The number of ether oxygens (including phenoxy) is 2. The number of morpholine rings is 1. The molecule has 0 aromatic heterocycles. The van der Waals surface area contributed by atoms with Gasteiger partial charge in [-0.1, -0.05) is 66.2 Å². The zero-order valence-electron chi connectivity index (χ0n) is 22.4. The van der Waals surface area contributed by atoms with Gasteiger partial charge in [-0.15, -0.1) is 0 Å². The minimum atomic E-state index is -1.14. The van der Waals surface area contributed by atoms with E-state index in [1.165, 1.54) is 4.90 Å². The highest BCUT2D eigenvalue weighted by Crippen LogP contribution is 2.36. The molecule has 0 saturated carbocycles. The number of benzene rings is 3. The summed E-state index contributed by atoms with van der Waals surface area (Å²) in [5, 5.41) is 10.2. The van der Waals surface area contributed by atoms with E-state index in [1.54, 1.807) is 23.1 Å². The van der Waals surface area contributed by atoms with Gasteiger partial charge in [0.2, 0.25) is 5.91 Å². The Morgan fingerprint density at radius 3 is 2.55 bits per heavy atom. The fourth-order valence-electron chi connectivity index (χ4n) is 5.42. The van der Waals surface area contributed by atoms with Crippen molar-refractivity contribution in [3.05, 3.63) is 100 Å². The molecule has 1 N–H and O–H groups in total. The molecule has 0 bridgehead atoms.